The Hall–Kier alpha value is -1.78. The molecule has 0 spiro atoms. The number of benzene rings is 1. The van der Waals surface area contributed by atoms with Crippen LogP contribution in [0.2, 0.25) is 0 Å². The smallest absolute Gasteiger partial charge is 0.122 e. The SMILES string of the molecule is Cc1occc1C(CCc1ccc2c(c1)CCO2)NN. The largest absolute Gasteiger partial charge is 0.493 e. The van der Waals surface area contributed by atoms with Crippen molar-refractivity contribution in [1.29, 1.82) is 0 Å². The number of ether oxygens (including phenoxy) is 1. The first-order chi connectivity index (χ1) is 9.78. The molecule has 1 aromatic carbocycles. The lowest BCUT2D eigenvalue weighted by molar-refractivity contribution is 0.357. The van der Waals surface area contributed by atoms with Crippen molar-refractivity contribution in [2.75, 3.05) is 6.61 Å². The lowest BCUT2D eigenvalue weighted by Gasteiger charge is -2.15. The second-order valence-electron chi connectivity index (χ2n) is 5.23. The van der Waals surface area contributed by atoms with Crippen molar-refractivity contribution in [3.05, 3.63) is 53.0 Å². The summed E-state index contributed by atoms with van der Waals surface area (Å²) < 4.78 is 10.9. The van der Waals surface area contributed by atoms with E-state index in [2.05, 4.69) is 23.6 Å². The number of aryl methyl sites for hydroxylation is 2. The number of hydrogen-bond acceptors (Lipinski definition) is 4. The summed E-state index contributed by atoms with van der Waals surface area (Å²) in [5, 5.41) is 0. The quantitative estimate of drug-likeness (QED) is 0.649. The number of nitrogens with two attached hydrogens (primary N) is 1. The van der Waals surface area contributed by atoms with Gasteiger partial charge in [0, 0.05) is 18.0 Å². The summed E-state index contributed by atoms with van der Waals surface area (Å²) >= 11 is 0. The number of hydrogen-bond donors (Lipinski definition) is 2. The van der Waals surface area contributed by atoms with Crippen LogP contribution in [0.3, 0.4) is 0 Å². The minimum atomic E-state index is 0.123. The Kier molecular flexibility index (Phi) is 3.76. The molecule has 0 amide bonds. The molecule has 2 heterocycles. The Morgan fingerprint density at radius 3 is 3.00 bits per heavy atom. The van der Waals surface area contributed by atoms with Gasteiger partial charge < -0.3 is 9.15 Å². The van der Waals surface area contributed by atoms with Gasteiger partial charge in [-0.3, -0.25) is 11.3 Å². The highest BCUT2D eigenvalue weighted by Gasteiger charge is 2.16. The highest BCUT2D eigenvalue weighted by molar-refractivity contribution is 5.39. The third-order valence-corrected chi connectivity index (χ3v) is 3.95. The van der Waals surface area contributed by atoms with Crippen LogP contribution >= 0.6 is 0 Å². The molecule has 0 bridgehead atoms. The van der Waals surface area contributed by atoms with E-state index in [0.29, 0.717) is 0 Å². The van der Waals surface area contributed by atoms with Crippen molar-refractivity contribution in [3.63, 3.8) is 0 Å². The molecule has 0 saturated carbocycles. The van der Waals surface area contributed by atoms with Crippen LogP contribution in [0.4, 0.5) is 0 Å². The Bertz CT molecular complexity index is 592. The monoisotopic (exact) mass is 272 g/mol. The average molecular weight is 272 g/mol. The fourth-order valence-corrected chi connectivity index (χ4v) is 2.79. The van der Waals surface area contributed by atoms with Crippen molar-refractivity contribution in [2.45, 2.75) is 32.2 Å². The van der Waals surface area contributed by atoms with Gasteiger partial charge in [0.1, 0.15) is 11.5 Å². The highest BCUT2D eigenvalue weighted by atomic mass is 16.5. The normalized spacial score (nSPS) is 14.9. The van der Waals surface area contributed by atoms with Crippen LogP contribution in [0.25, 0.3) is 0 Å². The topological polar surface area (TPSA) is 60.4 Å². The zero-order valence-electron chi connectivity index (χ0n) is 11.7. The van der Waals surface area contributed by atoms with Crippen LogP contribution in [0.1, 0.15) is 34.9 Å². The summed E-state index contributed by atoms with van der Waals surface area (Å²) in [4.78, 5) is 0. The van der Waals surface area contributed by atoms with Gasteiger partial charge in [-0.2, -0.15) is 0 Å². The maximum Gasteiger partial charge on any atom is 0.122 e. The van der Waals surface area contributed by atoms with E-state index < -0.39 is 0 Å². The van der Waals surface area contributed by atoms with Crippen LogP contribution in [-0.4, -0.2) is 6.61 Å². The van der Waals surface area contributed by atoms with Gasteiger partial charge in [0.05, 0.1) is 12.9 Å². The van der Waals surface area contributed by atoms with Crippen molar-refractivity contribution >= 4 is 0 Å². The van der Waals surface area contributed by atoms with E-state index in [1.54, 1.807) is 6.26 Å². The maximum atomic E-state index is 5.68. The first-order valence-corrected chi connectivity index (χ1v) is 7.02. The molecule has 1 aliphatic rings. The standard InChI is InChI=1S/C16H20N2O2/c1-11-14(7-9-19-11)15(18-17)4-2-12-3-5-16-13(10-12)6-8-20-16/h3,5,7,9-10,15,18H,2,4,6,8,17H2,1H3. The zero-order valence-corrected chi connectivity index (χ0v) is 11.7. The Labute approximate surface area is 118 Å². The van der Waals surface area contributed by atoms with Crippen LogP contribution < -0.4 is 16.0 Å². The van der Waals surface area contributed by atoms with Gasteiger partial charge in [0.2, 0.25) is 0 Å². The molecule has 1 atom stereocenters. The molecule has 0 saturated heterocycles. The number of hydrazine groups is 1. The van der Waals surface area contributed by atoms with Crippen molar-refractivity contribution in [1.82, 2.24) is 5.43 Å². The van der Waals surface area contributed by atoms with Gasteiger partial charge in [0.15, 0.2) is 0 Å². The molecule has 4 nitrogen and oxygen atoms in total. The lowest BCUT2D eigenvalue weighted by Crippen LogP contribution is -2.28. The molecule has 4 heteroatoms. The molecule has 1 aromatic heterocycles. The third-order valence-electron chi connectivity index (χ3n) is 3.95. The van der Waals surface area contributed by atoms with E-state index in [-0.39, 0.29) is 6.04 Å². The summed E-state index contributed by atoms with van der Waals surface area (Å²) in [6.45, 7) is 2.77. The molecule has 0 fully saturated rings. The molecular weight excluding hydrogens is 252 g/mol. The predicted octanol–water partition coefficient (Wildman–Crippen LogP) is 2.66. The number of furan rings is 1. The van der Waals surface area contributed by atoms with Gasteiger partial charge in [-0.15, -0.1) is 0 Å². The minimum absolute atomic E-state index is 0.123. The molecule has 106 valence electrons. The molecule has 0 radical (unpaired) electrons. The summed E-state index contributed by atoms with van der Waals surface area (Å²) in [5.74, 6) is 7.64. The highest BCUT2D eigenvalue weighted by Crippen LogP contribution is 2.28. The van der Waals surface area contributed by atoms with E-state index in [1.165, 1.54) is 11.1 Å². The van der Waals surface area contributed by atoms with Crippen LogP contribution in [0.5, 0.6) is 5.75 Å². The van der Waals surface area contributed by atoms with Crippen molar-refractivity contribution in [3.8, 4) is 5.75 Å². The van der Waals surface area contributed by atoms with Gasteiger partial charge in [-0.05, 0) is 43.0 Å². The summed E-state index contributed by atoms with van der Waals surface area (Å²) in [6, 6.07) is 8.57. The average Bonchev–Trinajstić information content (AvgIpc) is 3.08. The predicted molar refractivity (Wildman–Crippen MR) is 77.5 cm³/mol. The Balaban J connectivity index is 1.68. The van der Waals surface area contributed by atoms with Crippen LogP contribution in [-0.2, 0) is 12.8 Å². The fraction of sp³-hybridized carbons (Fsp3) is 0.375. The van der Waals surface area contributed by atoms with Crippen LogP contribution in [0, 0.1) is 6.92 Å². The third kappa shape index (κ3) is 2.57. The molecule has 1 aliphatic heterocycles. The number of nitrogens with one attached hydrogen (secondary N) is 1. The molecule has 0 aliphatic carbocycles. The fourth-order valence-electron chi connectivity index (χ4n) is 2.79. The van der Waals surface area contributed by atoms with Gasteiger partial charge in [-0.1, -0.05) is 12.1 Å². The van der Waals surface area contributed by atoms with Crippen molar-refractivity contribution < 1.29 is 9.15 Å². The van der Waals surface area contributed by atoms with Gasteiger partial charge >= 0.3 is 0 Å². The number of rotatable bonds is 5. The molecular formula is C16H20N2O2. The molecule has 3 rings (SSSR count). The summed E-state index contributed by atoms with van der Waals surface area (Å²) in [5.41, 5.74) is 6.67. The molecule has 2 aromatic rings. The van der Waals surface area contributed by atoms with Crippen molar-refractivity contribution in [2.24, 2.45) is 5.84 Å². The molecule has 1 unspecified atom stereocenters. The van der Waals surface area contributed by atoms with Gasteiger partial charge in [0.25, 0.3) is 0 Å². The Morgan fingerprint density at radius 1 is 1.35 bits per heavy atom. The lowest BCUT2D eigenvalue weighted by atomic mass is 9.98. The minimum Gasteiger partial charge on any atom is -0.493 e. The summed E-state index contributed by atoms with van der Waals surface area (Å²) in [6.07, 6.45) is 4.65. The van der Waals surface area contributed by atoms with E-state index in [1.807, 2.05) is 13.0 Å². The zero-order chi connectivity index (χ0) is 13.9. The molecule has 20 heavy (non-hydrogen) atoms. The number of fused-ring (bicyclic) bond motifs is 1. The van der Waals surface area contributed by atoms with E-state index >= 15 is 0 Å². The van der Waals surface area contributed by atoms with E-state index in [4.69, 9.17) is 15.0 Å². The first kappa shape index (κ1) is 13.2. The Morgan fingerprint density at radius 2 is 2.25 bits per heavy atom. The summed E-state index contributed by atoms with van der Waals surface area (Å²) in [7, 11) is 0. The second-order valence-corrected chi connectivity index (χ2v) is 5.23. The molecule has 3 N–H and O–H groups in total. The maximum absolute atomic E-state index is 5.68. The van der Waals surface area contributed by atoms with E-state index in [0.717, 1.165) is 42.9 Å². The van der Waals surface area contributed by atoms with E-state index in [9.17, 15) is 0 Å². The second kappa shape index (κ2) is 5.69. The van der Waals surface area contributed by atoms with Crippen LogP contribution in [0.15, 0.2) is 34.9 Å². The van der Waals surface area contributed by atoms with Gasteiger partial charge in [-0.25, -0.2) is 0 Å². The first-order valence-electron chi connectivity index (χ1n) is 7.02.